The van der Waals surface area contributed by atoms with Crippen molar-refractivity contribution in [3.8, 4) is 11.5 Å². The van der Waals surface area contributed by atoms with Crippen molar-refractivity contribution >= 4 is 0 Å². The lowest BCUT2D eigenvalue weighted by Crippen LogP contribution is -2.32. The summed E-state index contributed by atoms with van der Waals surface area (Å²) < 4.78 is 11.2. The minimum atomic E-state index is 0.340. The predicted octanol–water partition coefficient (Wildman–Crippen LogP) is 3.30. The van der Waals surface area contributed by atoms with E-state index in [1.165, 1.54) is 24.8 Å². The summed E-state index contributed by atoms with van der Waals surface area (Å²) in [5.74, 6) is 1.81. The van der Waals surface area contributed by atoms with E-state index in [2.05, 4.69) is 46.1 Å². The van der Waals surface area contributed by atoms with Gasteiger partial charge in [-0.05, 0) is 57.6 Å². The second-order valence-corrected chi connectivity index (χ2v) is 7.25. The molecule has 2 aliphatic rings. The van der Waals surface area contributed by atoms with Crippen LogP contribution in [0.25, 0.3) is 0 Å². The molecule has 1 aromatic carbocycles. The van der Waals surface area contributed by atoms with Crippen LogP contribution < -0.4 is 9.47 Å². The Morgan fingerprint density at radius 3 is 2.96 bits per heavy atom. The average molecular weight is 353 g/mol. The van der Waals surface area contributed by atoms with E-state index in [0.717, 1.165) is 43.4 Å². The van der Waals surface area contributed by atoms with Gasteiger partial charge in [0.15, 0.2) is 11.5 Å². The highest BCUT2D eigenvalue weighted by Crippen LogP contribution is 2.36. The average Bonchev–Trinajstić information content (AvgIpc) is 3.03. The van der Waals surface area contributed by atoms with Crippen molar-refractivity contribution in [2.75, 3.05) is 26.9 Å². The lowest BCUT2D eigenvalue weighted by Gasteiger charge is -2.27. The Hall–Kier alpha value is -2.11. The second kappa shape index (κ2) is 8.06. The van der Waals surface area contributed by atoms with Gasteiger partial charge < -0.3 is 9.47 Å². The Bertz CT molecular complexity index is 722. The van der Waals surface area contributed by atoms with Gasteiger partial charge in [-0.25, -0.2) is 0 Å². The van der Waals surface area contributed by atoms with E-state index in [1.807, 2.05) is 18.3 Å². The monoisotopic (exact) mass is 353 g/mol. The van der Waals surface area contributed by atoms with Crippen molar-refractivity contribution < 1.29 is 9.47 Å². The number of fused-ring (bicyclic) bond motifs is 1. The van der Waals surface area contributed by atoms with Crippen LogP contribution in [0.3, 0.4) is 0 Å². The van der Waals surface area contributed by atoms with Crippen LogP contribution in [0.4, 0.5) is 0 Å². The molecule has 0 radical (unpaired) electrons. The van der Waals surface area contributed by atoms with Crippen molar-refractivity contribution in [3.05, 3.63) is 53.9 Å². The molecule has 0 N–H and O–H groups in total. The van der Waals surface area contributed by atoms with Crippen molar-refractivity contribution in [2.45, 2.75) is 38.4 Å². The molecule has 0 aliphatic carbocycles. The molecule has 0 spiro atoms. The molecule has 5 nitrogen and oxygen atoms in total. The van der Waals surface area contributed by atoms with Crippen LogP contribution in [0.1, 0.15) is 30.5 Å². The van der Waals surface area contributed by atoms with Gasteiger partial charge in [0.25, 0.3) is 0 Å². The summed E-state index contributed by atoms with van der Waals surface area (Å²) >= 11 is 0. The molecule has 2 aliphatic heterocycles. The van der Waals surface area contributed by atoms with Gasteiger partial charge in [0.05, 0.1) is 5.69 Å². The summed E-state index contributed by atoms with van der Waals surface area (Å²) in [5.41, 5.74) is 2.38. The molecule has 138 valence electrons. The predicted molar refractivity (Wildman–Crippen MR) is 101 cm³/mol. The molecule has 2 aromatic rings. The van der Waals surface area contributed by atoms with Gasteiger partial charge in [0.2, 0.25) is 6.79 Å². The molecule has 0 saturated carbocycles. The Kier molecular flexibility index (Phi) is 5.37. The molecule has 5 heteroatoms. The molecule has 0 amide bonds. The zero-order chi connectivity index (χ0) is 17.8. The Labute approximate surface area is 155 Å². The molecule has 4 rings (SSSR count). The first-order valence-corrected chi connectivity index (χ1v) is 9.49. The smallest absolute Gasteiger partial charge is 0.231 e. The lowest BCUT2D eigenvalue weighted by atomic mass is 10.1. The summed E-state index contributed by atoms with van der Waals surface area (Å²) in [4.78, 5) is 9.47. The van der Waals surface area contributed by atoms with Crippen LogP contribution in [0.15, 0.2) is 42.6 Å². The number of pyridine rings is 1. The van der Waals surface area contributed by atoms with E-state index in [-0.39, 0.29) is 0 Å². The number of rotatable bonds is 5. The first-order valence-electron chi connectivity index (χ1n) is 9.49. The third-order valence-electron chi connectivity index (χ3n) is 5.42. The summed E-state index contributed by atoms with van der Waals surface area (Å²) in [6.45, 7) is 4.44. The zero-order valence-electron chi connectivity index (χ0n) is 15.4. The van der Waals surface area contributed by atoms with Gasteiger partial charge in [0.1, 0.15) is 0 Å². The van der Waals surface area contributed by atoms with E-state index >= 15 is 0 Å². The Morgan fingerprint density at radius 1 is 1.12 bits per heavy atom. The third-order valence-corrected chi connectivity index (χ3v) is 5.42. The van der Waals surface area contributed by atoms with Crippen LogP contribution in [-0.2, 0) is 13.1 Å². The fraction of sp³-hybridized carbons (Fsp3) is 0.476. The fourth-order valence-electron chi connectivity index (χ4n) is 3.97. The van der Waals surface area contributed by atoms with Gasteiger partial charge in [-0.2, -0.15) is 0 Å². The number of ether oxygens (including phenoxy) is 2. The first kappa shape index (κ1) is 17.3. The molecule has 1 saturated heterocycles. The number of benzene rings is 1. The van der Waals surface area contributed by atoms with E-state index in [1.54, 1.807) is 0 Å². The van der Waals surface area contributed by atoms with E-state index in [9.17, 15) is 0 Å². The summed E-state index contributed by atoms with van der Waals surface area (Å²) in [6.07, 6.45) is 5.54. The van der Waals surface area contributed by atoms with Gasteiger partial charge in [0, 0.05) is 30.9 Å². The molecular formula is C21H27N3O2. The van der Waals surface area contributed by atoms with Crippen molar-refractivity contribution in [1.29, 1.82) is 0 Å². The SMILES string of the molecule is CN(Cc1ccccn1)[C@H]1CCCN(Cc2cccc3c2OCO3)CC1. The lowest BCUT2D eigenvalue weighted by molar-refractivity contribution is 0.171. The maximum Gasteiger partial charge on any atom is 0.231 e. The molecule has 3 heterocycles. The molecule has 1 fully saturated rings. The van der Waals surface area contributed by atoms with E-state index in [4.69, 9.17) is 9.47 Å². The molecular weight excluding hydrogens is 326 g/mol. The minimum absolute atomic E-state index is 0.340. The first-order chi connectivity index (χ1) is 12.8. The fourth-order valence-corrected chi connectivity index (χ4v) is 3.97. The molecule has 26 heavy (non-hydrogen) atoms. The van der Waals surface area contributed by atoms with Crippen LogP contribution >= 0.6 is 0 Å². The zero-order valence-corrected chi connectivity index (χ0v) is 15.4. The standard InChI is InChI=1S/C21H27N3O2/c1-23(15-18-7-2-3-11-22-18)19-8-5-12-24(13-10-19)14-17-6-4-9-20-21(17)26-16-25-20/h2-4,6-7,9,11,19H,5,8,10,12-16H2,1H3/t19-/m0/s1. The van der Waals surface area contributed by atoms with E-state index < -0.39 is 0 Å². The highest BCUT2D eigenvalue weighted by Gasteiger charge is 2.23. The molecule has 1 aromatic heterocycles. The summed E-state index contributed by atoms with van der Waals surface area (Å²) in [5, 5.41) is 0. The topological polar surface area (TPSA) is 37.8 Å². The van der Waals surface area contributed by atoms with Gasteiger partial charge in [-0.1, -0.05) is 18.2 Å². The molecule has 1 atom stereocenters. The summed E-state index contributed by atoms with van der Waals surface area (Å²) in [7, 11) is 2.23. The number of hydrogen-bond acceptors (Lipinski definition) is 5. The maximum atomic E-state index is 5.66. The van der Waals surface area contributed by atoms with Crippen molar-refractivity contribution in [1.82, 2.24) is 14.8 Å². The normalized spacial score (nSPS) is 20.3. The number of hydrogen-bond donors (Lipinski definition) is 0. The maximum absolute atomic E-state index is 5.66. The minimum Gasteiger partial charge on any atom is -0.454 e. The highest BCUT2D eigenvalue weighted by molar-refractivity contribution is 5.48. The van der Waals surface area contributed by atoms with Crippen molar-refractivity contribution in [3.63, 3.8) is 0 Å². The van der Waals surface area contributed by atoms with Gasteiger partial charge in [-0.15, -0.1) is 0 Å². The Morgan fingerprint density at radius 2 is 2.08 bits per heavy atom. The number of nitrogens with zero attached hydrogens (tertiary/aromatic N) is 3. The van der Waals surface area contributed by atoms with Crippen LogP contribution in [0.5, 0.6) is 11.5 Å². The Balaban J connectivity index is 1.34. The number of para-hydroxylation sites is 1. The van der Waals surface area contributed by atoms with Gasteiger partial charge in [-0.3, -0.25) is 14.8 Å². The number of likely N-dealkylation sites (tertiary alicyclic amines) is 1. The van der Waals surface area contributed by atoms with Crippen LogP contribution in [0, 0.1) is 0 Å². The highest BCUT2D eigenvalue weighted by atomic mass is 16.7. The number of aromatic nitrogens is 1. The van der Waals surface area contributed by atoms with Crippen LogP contribution in [-0.4, -0.2) is 47.8 Å². The van der Waals surface area contributed by atoms with Gasteiger partial charge >= 0.3 is 0 Å². The quantitative estimate of drug-likeness (QED) is 0.825. The molecule has 0 unspecified atom stereocenters. The third kappa shape index (κ3) is 4.00. The van der Waals surface area contributed by atoms with E-state index in [0.29, 0.717) is 12.8 Å². The molecule has 0 bridgehead atoms. The second-order valence-electron chi connectivity index (χ2n) is 7.25. The van der Waals surface area contributed by atoms with Crippen molar-refractivity contribution in [2.24, 2.45) is 0 Å². The largest absolute Gasteiger partial charge is 0.454 e. The summed E-state index contributed by atoms with van der Waals surface area (Å²) in [6, 6.07) is 13.0. The van der Waals surface area contributed by atoms with Crippen LogP contribution in [0.2, 0.25) is 0 Å².